The average Bonchev–Trinajstić information content (AvgIpc) is 2.28. The van der Waals surface area contributed by atoms with Gasteiger partial charge >= 0.3 is 0 Å². The molecule has 1 heterocycles. The molecule has 0 atom stereocenters. The van der Waals surface area contributed by atoms with Gasteiger partial charge in [0.1, 0.15) is 11.5 Å². The Labute approximate surface area is 108 Å². The van der Waals surface area contributed by atoms with Crippen LogP contribution in [0.4, 0.5) is 5.69 Å². The van der Waals surface area contributed by atoms with E-state index in [2.05, 4.69) is 4.98 Å². The van der Waals surface area contributed by atoms with Gasteiger partial charge in [0.25, 0.3) is 5.91 Å². The van der Waals surface area contributed by atoms with Crippen LogP contribution in [0.25, 0.3) is 0 Å². The third-order valence-corrected chi connectivity index (χ3v) is 2.39. The third kappa shape index (κ3) is 2.70. The van der Waals surface area contributed by atoms with E-state index in [4.69, 9.17) is 27.8 Å². The maximum Gasteiger partial charge on any atom is 0.252 e. The molecule has 18 heavy (non-hydrogen) atoms. The number of aromatic nitrogens is 1. The van der Waals surface area contributed by atoms with Crippen LogP contribution in [-0.4, -0.2) is 10.9 Å². The Bertz CT molecular complexity index is 602. The number of hydrogen-bond acceptors (Lipinski definition) is 4. The van der Waals surface area contributed by atoms with E-state index >= 15 is 0 Å². The van der Waals surface area contributed by atoms with Crippen molar-refractivity contribution in [3.8, 4) is 11.5 Å². The number of carbonyl (C=O) groups excluding carboxylic acids is 1. The molecule has 2 rings (SSSR count). The summed E-state index contributed by atoms with van der Waals surface area (Å²) >= 11 is 5.79. The Kier molecular flexibility index (Phi) is 3.34. The number of primary amides is 1. The molecule has 2 aromatic rings. The van der Waals surface area contributed by atoms with Crippen molar-refractivity contribution >= 4 is 23.2 Å². The van der Waals surface area contributed by atoms with Crippen molar-refractivity contribution in [2.45, 2.75) is 0 Å². The molecule has 1 amide bonds. The van der Waals surface area contributed by atoms with Crippen LogP contribution < -0.4 is 16.2 Å². The molecule has 0 unspecified atom stereocenters. The number of anilines is 1. The second-order valence-electron chi connectivity index (χ2n) is 3.56. The fourth-order valence-electron chi connectivity index (χ4n) is 1.40. The van der Waals surface area contributed by atoms with E-state index in [1.54, 1.807) is 12.1 Å². The normalized spacial score (nSPS) is 10.1. The highest BCUT2D eigenvalue weighted by atomic mass is 35.5. The SMILES string of the molecule is NC(=O)c1ccc(N)cc1Oc1cncc(Cl)c1. The first-order valence-electron chi connectivity index (χ1n) is 5.04. The van der Waals surface area contributed by atoms with Crippen LogP contribution in [0.5, 0.6) is 11.5 Å². The van der Waals surface area contributed by atoms with E-state index in [9.17, 15) is 4.79 Å². The summed E-state index contributed by atoms with van der Waals surface area (Å²) in [5, 5.41) is 0.428. The fraction of sp³-hybridized carbons (Fsp3) is 0. The molecule has 0 saturated heterocycles. The molecule has 0 bridgehead atoms. The number of halogens is 1. The lowest BCUT2D eigenvalue weighted by atomic mass is 10.1. The molecule has 0 aliphatic heterocycles. The highest BCUT2D eigenvalue weighted by Crippen LogP contribution is 2.28. The lowest BCUT2D eigenvalue weighted by Gasteiger charge is -2.09. The molecule has 1 aromatic carbocycles. The first-order chi connectivity index (χ1) is 8.56. The van der Waals surface area contributed by atoms with Crippen molar-refractivity contribution in [1.29, 1.82) is 0 Å². The fourth-order valence-corrected chi connectivity index (χ4v) is 1.57. The van der Waals surface area contributed by atoms with E-state index in [0.29, 0.717) is 16.5 Å². The summed E-state index contributed by atoms with van der Waals surface area (Å²) in [5.74, 6) is 0.0714. The third-order valence-electron chi connectivity index (χ3n) is 2.18. The number of pyridine rings is 1. The summed E-state index contributed by atoms with van der Waals surface area (Å²) in [4.78, 5) is 15.1. The number of carbonyl (C=O) groups is 1. The second kappa shape index (κ2) is 4.93. The largest absolute Gasteiger partial charge is 0.455 e. The number of nitrogen functional groups attached to an aromatic ring is 1. The van der Waals surface area contributed by atoms with E-state index in [0.717, 1.165) is 0 Å². The molecule has 0 saturated carbocycles. The molecule has 0 fully saturated rings. The molecule has 0 radical (unpaired) electrons. The first kappa shape index (κ1) is 12.2. The Balaban J connectivity index is 2.39. The summed E-state index contributed by atoms with van der Waals surface area (Å²) in [6.07, 6.45) is 2.95. The van der Waals surface area contributed by atoms with Crippen LogP contribution in [0.3, 0.4) is 0 Å². The van der Waals surface area contributed by atoms with Crippen molar-refractivity contribution in [3.63, 3.8) is 0 Å². The van der Waals surface area contributed by atoms with E-state index < -0.39 is 5.91 Å². The number of ether oxygens (including phenoxy) is 1. The Morgan fingerprint density at radius 3 is 2.72 bits per heavy atom. The number of benzene rings is 1. The van der Waals surface area contributed by atoms with Crippen LogP contribution in [0.1, 0.15) is 10.4 Å². The number of rotatable bonds is 3. The highest BCUT2D eigenvalue weighted by Gasteiger charge is 2.11. The van der Waals surface area contributed by atoms with Crippen molar-refractivity contribution < 1.29 is 9.53 Å². The first-order valence-corrected chi connectivity index (χ1v) is 5.42. The van der Waals surface area contributed by atoms with Crippen molar-refractivity contribution in [2.75, 3.05) is 5.73 Å². The molecule has 0 aliphatic rings. The minimum atomic E-state index is -0.597. The standard InChI is InChI=1S/C12H10ClN3O2/c13-7-3-9(6-16-5-7)18-11-4-8(14)1-2-10(11)12(15)17/h1-6H,14H2,(H2,15,17). The van der Waals surface area contributed by atoms with Crippen LogP contribution in [0, 0.1) is 0 Å². The van der Waals surface area contributed by atoms with Gasteiger partial charge in [-0.15, -0.1) is 0 Å². The Morgan fingerprint density at radius 1 is 1.28 bits per heavy atom. The summed E-state index contributed by atoms with van der Waals surface area (Å²) in [6, 6.07) is 6.16. The zero-order valence-corrected chi connectivity index (χ0v) is 10.0. The van der Waals surface area contributed by atoms with Crippen LogP contribution in [-0.2, 0) is 0 Å². The lowest BCUT2D eigenvalue weighted by Crippen LogP contribution is -2.12. The van der Waals surface area contributed by atoms with Gasteiger partial charge in [-0.2, -0.15) is 0 Å². The van der Waals surface area contributed by atoms with E-state index in [1.807, 2.05) is 0 Å². The van der Waals surface area contributed by atoms with Crippen LogP contribution in [0.15, 0.2) is 36.7 Å². The minimum absolute atomic E-state index is 0.240. The van der Waals surface area contributed by atoms with Gasteiger partial charge in [-0.3, -0.25) is 9.78 Å². The second-order valence-corrected chi connectivity index (χ2v) is 4.00. The maximum absolute atomic E-state index is 11.2. The van der Waals surface area contributed by atoms with Gasteiger partial charge in [-0.05, 0) is 12.1 Å². The van der Waals surface area contributed by atoms with Crippen molar-refractivity contribution in [2.24, 2.45) is 5.73 Å². The Morgan fingerprint density at radius 2 is 2.06 bits per heavy atom. The molecule has 1 aromatic heterocycles. The number of nitrogens with two attached hydrogens (primary N) is 2. The summed E-state index contributed by atoms with van der Waals surface area (Å²) in [7, 11) is 0. The molecule has 5 nitrogen and oxygen atoms in total. The minimum Gasteiger partial charge on any atom is -0.455 e. The highest BCUT2D eigenvalue weighted by molar-refractivity contribution is 6.30. The lowest BCUT2D eigenvalue weighted by molar-refractivity contribution is 0.0998. The monoisotopic (exact) mass is 263 g/mol. The number of nitrogens with zero attached hydrogens (tertiary/aromatic N) is 1. The smallest absolute Gasteiger partial charge is 0.252 e. The average molecular weight is 264 g/mol. The Hall–Kier alpha value is -2.27. The van der Waals surface area contributed by atoms with Gasteiger partial charge in [0.05, 0.1) is 16.8 Å². The molecule has 6 heteroatoms. The van der Waals surface area contributed by atoms with Gasteiger partial charge in [0.2, 0.25) is 0 Å². The molecule has 0 spiro atoms. The van der Waals surface area contributed by atoms with Crippen molar-refractivity contribution in [1.82, 2.24) is 4.98 Å². The van der Waals surface area contributed by atoms with Gasteiger partial charge in [-0.1, -0.05) is 11.6 Å². The summed E-state index contributed by atoms with van der Waals surface area (Å²) < 4.78 is 5.50. The van der Waals surface area contributed by atoms with Gasteiger partial charge in [-0.25, -0.2) is 0 Å². The van der Waals surface area contributed by atoms with Crippen molar-refractivity contribution in [3.05, 3.63) is 47.2 Å². The zero-order chi connectivity index (χ0) is 13.1. The van der Waals surface area contributed by atoms with E-state index in [-0.39, 0.29) is 11.3 Å². The predicted molar refractivity (Wildman–Crippen MR) is 68.7 cm³/mol. The van der Waals surface area contributed by atoms with Gasteiger partial charge < -0.3 is 16.2 Å². The summed E-state index contributed by atoms with van der Waals surface area (Å²) in [5.41, 5.74) is 11.6. The maximum atomic E-state index is 11.2. The molecule has 0 aliphatic carbocycles. The van der Waals surface area contributed by atoms with Crippen LogP contribution in [0.2, 0.25) is 5.02 Å². The van der Waals surface area contributed by atoms with Gasteiger partial charge in [0.15, 0.2) is 0 Å². The zero-order valence-electron chi connectivity index (χ0n) is 9.26. The van der Waals surface area contributed by atoms with Gasteiger partial charge in [0, 0.05) is 24.0 Å². The molecule has 92 valence electrons. The number of amides is 1. The number of hydrogen-bond donors (Lipinski definition) is 2. The molecular formula is C12H10ClN3O2. The molecular weight excluding hydrogens is 254 g/mol. The quantitative estimate of drug-likeness (QED) is 0.831. The van der Waals surface area contributed by atoms with E-state index in [1.165, 1.54) is 24.5 Å². The topological polar surface area (TPSA) is 91.2 Å². The van der Waals surface area contributed by atoms with Crippen LogP contribution >= 0.6 is 11.6 Å². The predicted octanol–water partition coefficient (Wildman–Crippen LogP) is 2.21. The molecule has 4 N–H and O–H groups in total. The summed E-state index contributed by atoms with van der Waals surface area (Å²) in [6.45, 7) is 0.